The van der Waals surface area contributed by atoms with Gasteiger partial charge >= 0.3 is 5.97 Å². The van der Waals surface area contributed by atoms with Gasteiger partial charge in [0, 0.05) is 7.11 Å². The molecule has 1 saturated heterocycles. The second-order valence-electron chi connectivity index (χ2n) is 5.23. The van der Waals surface area contributed by atoms with Crippen LogP contribution < -0.4 is 0 Å². The number of aliphatic carboxylic acids is 1. The number of ether oxygens (including phenoxy) is 1. The zero-order valence-electron chi connectivity index (χ0n) is 11.2. The Hall–Kier alpha value is -0.610. The third kappa shape index (κ3) is 3.42. The van der Waals surface area contributed by atoms with E-state index in [0.717, 1.165) is 31.8 Å². The number of hydrogen-bond acceptors (Lipinski definition) is 3. The fraction of sp³-hybridized carbons (Fsp3) is 0.923. The standard InChI is InChI=1S/C13H25NO3/c1-4-5-11-6-8-14(9-7-11)13(2,10-17-3)12(15)16/h11H,4-10H2,1-3H3,(H,15,16). The smallest absolute Gasteiger partial charge is 0.326 e. The van der Waals surface area contributed by atoms with Crippen LogP contribution in [0.1, 0.15) is 39.5 Å². The second kappa shape index (κ2) is 6.36. The van der Waals surface area contributed by atoms with Crippen LogP contribution in [0.4, 0.5) is 0 Å². The van der Waals surface area contributed by atoms with E-state index in [2.05, 4.69) is 11.8 Å². The molecule has 4 heteroatoms. The molecule has 0 aromatic heterocycles. The first-order valence-corrected chi connectivity index (χ1v) is 6.52. The Labute approximate surface area is 104 Å². The molecule has 1 aliphatic heterocycles. The SMILES string of the molecule is CCCC1CCN(C(C)(COC)C(=O)O)CC1. The lowest BCUT2D eigenvalue weighted by Crippen LogP contribution is -2.57. The summed E-state index contributed by atoms with van der Waals surface area (Å²) >= 11 is 0. The van der Waals surface area contributed by atoms with Gasteiger partial charge in [-0.1, -0.05) is 19.8 Å². The molecule has 1 atom stereocenters. The van der Waals surface area contributed by atoms with Gasteiger partial charge < -0.3 is 9.84 Å². The Morgan fingerprint density at radius 1 is 1.47 bits per heavy atom. The number of rotatable bonds is 6. The first kappa shape index (κ1) is 14.5. The molecule has 100 valence electrons. The number of carboxylic acids is 1. The predicted octanol–water partition coefficient (Wildman–Crippen LogP) is 1.99. The quantitative estimate of drug-likeness (QED) is 0.775. The lowest BCUT2D eigenvalue weighted by molar-refractivity contribution is -0.155. The lowest BCUT2D eigenvalue weighted by atomic mass is 9.89. The van der Waals surface area contributed by atoms with Crippen molar-refractivity contribution in [3.8, 4) is 0 Å². The summed E-state index contributed by atoms with van der Waals surface area (Å²) in [4.78, 5) is 13.5. The van der Waals surface area contributed by atoms with Crippen molar-refractivity contribution in [2.24, 2.45) is 5.92 Å². The summed E-state index contributed by atoms with van der Waals surface area (Å²) in [7, 11) is 1.56. The van der Waals surface area contributed by atoms with Crippen LogP contribution in [-0.2, 0) is 9.53 Å². The fourth-order valence-corrected chi connectivity index (χ4v) is 2.69. The zero-order valence-corrected chi connectivity index (χ0v) is 11.2. The highest BCUT2D eigenvalue weighted by Crippen LogP contribution is 2.27. The Kier molecular flexibility index (Phi) is 5.40. The van der Waals surface area contributed by atoms with Gasteiger partial charge in [0.05, 0.1) is 6.61 Å². The number of likely N-dealkylation sites (tertiary alicyclic amines) is 1. The molecular weight excluding hydrogens is 218 g/mol. The topological polar surface area (TPSA) is 49.8 Å². The van der Waals surface area contributed by atoms with E-state index in [1.807, 2.05) is 0 Å². The highest BCUT2D eigenvalue weighted by Gasteiger charge is 2.41. The highest BCUT2D eigenvalue weighted by atomic mass is 16.5. The van der Waals surface area contributed by atoms with Crippen LogP contribution in [0.25, 0.3) is 0 Å². The van der Waals surface area contributed by atoms with Crippen LogP contribution >= 0.6 is 0 Å². The largest absolute Gasteiger partial charge is 0.480 e. The fourth-order valence-electron chi connectivity index (χ4n) is 2.69. The number of piperidine rings is 1. The Bertz CT molecular complexity index is 249. The molecule has 1 fully saturated rings. The highest BCUT2D eigenvalue weighted by molar-refractivity contribution is 5.78. The molecular formula is C13H25NO3. The van der Waals surface area contributed by atoms with E-state index in [1.54, 1.807) is 14.0 Å². The number of hydrogen-bond donors (Lipinski definition) is 1. The predicted molar refractivity (Wildman–Crippen MR) is 67.1 cm³/mol. The summed E-state index contributed by atoms with van der Waals surface area (Å²) in [5.74, 6) is -0.00914. The molecule has 0 aromatic carbocycles. The van der Waals surface area contributed by atoms with E-state index in [-0.39, 0.29) is 6.61 Å². The van der Waals surface area contributed by atoms with Crippen molar-refractivity contribution in [3.63, 3.8) is 0 Å². The van der Waals surface area contributed by atoms with Gasteiger partial charge in [-0.15, -0.1) is 0 Å². The number of methoxy groups -OCH3 is 1. The van der Waals surface area contributed by atoms with Gasteiger partial charge in [0.15, 0.2) is 0 Å². The Morgan fingerprint density at radius 2 is 2.06 bits per heavy atom. The number of carbonyl (C=O) groups is 1. The summed E-state index contributed by atoms with van der Waals surface area (Å²) in [5, 5.41) is 9.36. The Morgan fingerprint density at radius 3 is 2.47 bits per heavy atom. The van der Waals surface area contributed by atoms with Gasteiger partial charge in [0.2, 0.25) is 0 Å². The molecule has 0 bridgehead atoms. The van der Waals surface area contributed by atoms with Crippen molar-refractivity contribution in [3.05, 3.63) is 0 Å². The van der Waals surface area contributed by atoms with E-state index in [1.165, 1.54) is 12.8 Å². The van der Waals surface area contributed by atoms with Gasteiger partial charge in [0.25, 0.3) is 0 Å². The van der Waals surface area contributed by atoms with Crippen LogP contribution in [0.5, 0.6) is 0 Å². The van der Waals surface area contributed by atoms with E-state index < -0.39 is 11.5 Å². The minimum atomic E-state index is -0.869. The van der Waals surface area contributed by atoms with E-state index >= 15 is 0 Å². The summed E-state index contributed by atoms with van der Waals surface area (Å²) in [6.45, 7) is 5.96. The van der Waals surface area contributed by atoms with Crippen molar-refractivity contribution in [1.29, 1.82) is 0 Å². The molecule has 0 saturated carbocycles. The molecule has 1 aliphatic rings. The van der Waals surface area contributed by atoms with E-state index in [4.69, 9.17) is 4.74 Å². The monoisotopic (exact) mass is 243 g/mol. The number of carboxylic acid groups (broad SMARTS) is 1. The van der Waals surface area contributed by atoms with Crippen molar-refractivity contribution in [2.75, 3.05) is 26.8 Å². The Balaban J connectivity index is 2.58. The minimum Gasteiger partial charge on any atom is -0.480 e. The second-order valence-corrected chi connectivity index (χ2v) is 5.23. The van der Waals surface area contributed by atoms with E-state index in [9.17, 15) is 9.90 Å². The normalized spacial score (nSPS) is 22.3. The minimum absolute atomic E-state index is 0.251. The zero-order chi connectivity index (χ0) is 12.9. The van der Waals surface area contributed by atoms with Gasteiger partial charge in [-0.3, -0.25) is 9.69 Å². The molecule has 1 rings (SSSR count). The molecule has 0 radical (unpaired) electrons. The molecule has 0 aliphatic carbocycles. The maximum Gasteiger partial charge on any atom is 0.326 e. The van der Waals surface area contributed by atoms with Gasteiger partial charge in [-0.2, -0.15) is 0 Å². The molecule has 1 unspecified atom stereocenters. The van der Waals surface area contributed by atoms with Crippen molar-refractivity contribution < 1.29 is 14.6 Å². The molecule has 0 aromatic rings. The van der Waals surface area contributed by atoms with Crippen LogP contribution in [-0.4, -0.2) is 48.3 Å². The van der Waals surface area contributed by atoms with Crippen LogP contribution in [0.3, 0.4) is 0 Å². The summed E-state index contributed by atoms with van der Waals surface area (Å²) < 4.78 is 5.07. The molecule has 0 spiro atoms. The average molecular weight is 243 g/mol. The summed E-state index contributed by atoms with van der Waals surface area (Å²) in [5.41, 5.74) is -0.869. The van der Waals surface area contributed by atoms with Crippen molar-refractivity contribution >= 4 is 5.97 Å². The third-order valence-corrected chi connectivity index (χ3v) is 3.90. The maximum atomic E-state index is 11.4. The van der Waals surface area contributed by atoms with E-state index in [0.29, 0.717) is 0 Å². The lowest BCUT2D eigenvalue weighted by Gasteiger charge is -2.41. The molecule has 17 heavy (non-hydrogen) atoms. The van der Waals surface area contributed by atoms with Crippen LogP contribution in [0, 0.1) is 5.92 Å². The van der Waals surface area contributed by atoms with Crippen molar-refractivity contribution in [1.82, 2.24) is 4.90 Å². The third-order valence-electron chi connectivity index (χ3n) is 3.90. The molecule has 1 N–H and O–H groups in total. The summed E-state index contributed by atoms with van der Waals surface area (Å²) in [6.07, 6.45) is 4.71. The average Bonchev–Trinajstić information content (AvgIpc) is 2.30. The van der Waals surface area contributed by atoms with Crippen LogP contribution in [0.15, 0.2) is 0 Å². The maximum absolute atomic E-state index is 11.4. The molecule has 4 nitrogen and oxygen atoms in total. The number of nitrogens with zero attached hydrogens (tertiary/aromatic N) is 1. The first-order valence-electron chi connectivity index (χ1n) is 6.52. The van der Waals surface area contributed by atoms with Gasteiger partial charge in [-0.25, -0.2) is 0 Å². The molecule has 0 amide bonds. The first-order chi connectivity index (χ1) is 8.04. The van der Waals surface area contributed by atoms with Gasteiger partial charge in [0.1, 0.15) is 5.54 Å². The molecule has 1 heterocycles. The summed E-state index contributed by atoms with van der Waals surface area (Å²) in [6, 6.07) is 0. The van der Waals surface area contributed by atoms with Gasteiger partial charge in [-0.05, 0) is 38.8 Å². The van der Waals surface area contributed by atoms with Crippen LogP contribution in [0.2, 0.25) is 0 Å². The van der Waals surface area contributed by atoms with Crippen molar-refractivity contribution in [2.45, 2.75) is 45.1 Å².